The molecule has 0 aliphatic rings. The van der Waals surface area contributed by atoms with Gasteiger partial charge in [0.05, 0.1) is 10.7 Å². The summed E-state index contributed by atoms with van der Waals surface area (Å²) in [4.78, 5) is 43.1. The number of halogens is 1. The molecule has 0 saturated carbocycles. The average molecular weight is 572 g/mol. The Kier molecular flexibility index (Phi) is 11.2. The van der Waals surface area contributed by atoms with Gasteiger partial charge in [0.2, 0.25) is 5.91 Å². The van der Waals surface area contributed by atoms with Crippen LogP contribution in [0.15, 0.2) is 42.5 Å². The summed E-state index contributed by atoms with van der Waals surface area (Å²) >= 11 is 6.47. The molecular weight excluding hydrogens is 526 g/mol. The number of hydrogen-bond acceptors (Lipinski definition) is 4. The number of aryl methyl sites for hydroxylation is 2. The molecule has 0 saturated heterocycles. The second-order valence-corrected chi connectivity index (χ2v) is 12.6. The topological polar surface area (TPSA) is 87.7 Å². The van der Waals surface area contributed by atoms with E-state index in [1.165, 1.54) is 0 Å². The molecule has 8 heteroatoms. The van der Waals surface area contributed by atoms with Crippen LogP contribution in [0.4, 0.5) is 10.5 Å². The lowest BCUT2D eigenvalue weighted by molar-refractivity contribution is -0.148. The quantitative estimate of drug-likeness (QED) is 0.310. The van der Waals surface area contributed by atoms with Crippen molar-refractivity contribution in [1.29, 1.82) is 0 Å². The van der Waals surface area contributed by atoms with E-state index in [1.54, 1.807) is 31.7 Å². The number of benzene rings is 2. The minimum atomic E-state index is -0.995. The van der Waals surface area contributed by atoms with Crippen molar-refractivity contribution >= 4 is 35.2 Å². The Morgan fingerprint density at radius 2 is 1.57 bits per heavy atom. The molecule has 40 heavy (non-hydrogen) atoms. The van der Waals surface area contributed by atoms with Crippen LogP contribution in [0.3, 0.4) is 0 Å². The van der Waals surface area contributed by atoms with Crippen LogP contribution in [0.2, 0.25) is 5.02 Å². The number of ether oxygens (including phenoxy) is 1. The maximum absolute atomic E-state index is 14.5. The van der Waals surface area contributed by atoms with Crippen molar-refractivity contribution in [3.05, 3.63) is 64.2 Å². The molecule has 2 atom stereocenters. The first-order chi connectivity index (χ1) is 18.5. The highest BCUT2D eigenvalue weighted by atomic mass is 35.5. The first-order valence-electron chi connectivity index (χ1n) is 14.0. The molecule has 0 aliphatic carbocycles. The number of nitrogens with one attached hydrogen (secondary N) is 2. The van der Waals surface area contributed by atoms with Gasteiger partial charge in [-0.15, -0.1) is 0 Å². The molecule has 3 amide bonds. The van der Waals surface area contributed by atoms with Crippen LogP contribution in [-0.4, -0.2) is 40.0 Å². The average Bonchev–Trinajstić information content (AvgIpc) is 2.86. The molecule has 2 unspecified atom stereocenters. The fourth-order valence-electron chi connectivity index (χ4n) is 4.38. The van der Waals surface area contributed by atoms with Gasteiger partial charge in [0.25, 0.3) is 5.91 Å². The third kappa shape index (κ3) is 8.47. The molecule has 0 aromatic heterocycles. The number of anilines is 1. The van der Waals surface area contributed by atoms with E-state index in [2.05, 4.69) is 17.6 Å². The molecular formula is C32H46ClN3O4. The monoisotopic (exact) mass is 571 g/mol. The summed E-state index contributed by atoms with van der Waals surface area (Å²) in [6, 6.07) is 11.2. The Morgan fingerprint density at radius 1 is 0.975 bits per heavy atom. The Morgan fingerprint density at radius 3 is 2.05 bits per heavy atom. The fraction of sp³-hybridized carbons (Fsp3) is 0.531. The molecule has 0 heterocycles. The van der Waals surface area contributed by atoms with Crippen molar-refractivity contribution in [2.45, 2.75) is 105 Å². The largest absolute Gasteiger partial charge is 0.444 e. The van der Waals surface area contributed by atoms with E-state index in [-0.39, 0.29) is 11.8 Å². The molecule has 2 aromatic carbocycles. The van der Waals surface area contributed by atoms with E-state index in [9.17, 15) is 14.4 Å². The smallest absolute Gasteiger partial charge is 0.408 e. The maximum Gasteiger partial charge on any atom is 0.408 e. The molecule has 0 bridgehead atoms. The lowest BCUT2D eigenvalue weighted by atomic mass is 9.90. The number of nitrogens with zero attached hydrogens (tertiary/aromatic N) is 1. The predicted octanol–water partition coefficient (Wildman–Crippen LogP) is 7.46. The van der Waals surface area contributed by atoms with Gasteiger partial charge in [0.1, 0.15) is 17.7 Å². The number of hydrogen-bond donors (Lipinski definition) is 2. The molecule has 2 rings (SSSR count). The predicted molar refractivity (Wildman–Crippen MR) is 163 cm³/mol. The molecule has 7 nitrogen and oxygen atoms in total. The number of alkyl carbamates (subject to hydrolysis) is 1. The van der Waals surface area contributed by atoms with Crippen LogP contribution in [0, 0.1) is 12.8 Å². The maximum atomic E-state index is 14.5. The summed E-state index contributed by atoms with van der Waals surface area (Å²) in [5.41, 5.74) is 1.60. The van der Waals surface area contributed by atoms with Crippen LogP contribution >= 0.6 is 11.6 Å². The van der Waals surface area contributed by atoms with E-state index in [0.29, 0.717) is 22.7 Å². The van der Waals surface area contributed by atoms with E-state index in [0.717, 1.165) is 17.5 Å². The summed E-state index contributed by atoms with van der Waals surface area (Å²) in [7, 11) is 0. The van der Waals surface area contributed by atoms with Gasteiger partial charge < -0.3 is 20.3 Å². The van der Waals surface area contributed by atoms with E-state index >= 15 is 0 Å². The lowest BCUT2D eigenvalue weighted by Crippen LogP contribution is -2.60. The van der Waals surface area contributed by atoms with Crippen molar-refractivity contribution in [2.24, 2.45) is 5.92 Å². The number of carbonyl (C=O) groups excluding carboxylic acids is 3. The molecule has 2 aromatic rings. The van der Waals surface area contributed by atoms with Gasteiger partial charge in [0.15, 0.2) is 0 Å². The molecule has 2 N–H and O–H groups in total. The zero-order valence-corrected chi connectivity index (χ0v) is 26.4. The van der Waals surface area contributed by atoms with Gasteiger partial charge in [-0.05, 0) is 83.1 Å². The molecule has 220 valence electrons. The number of rotatable bonds is 10. The number of para-hydroxylation sites is 1. The summed E-state index contributed by atoms with van der Waals surface area (Å²) in [5.74, 6) is -1.04. The van der Waals surface area contributed by atoms with Crippen molar-refractivity contribution in [2.75, 3.05) is 5.32 Å². The molecule has 0 spiro atoms. The Labute approximate surface area is 245 Å². The SMILES string of the molecule is CCc1ccc(C(C(=O)Nc2c(C)cccc2Cl)N(C(=O)C(NC(=O)OC(C)(C)C)C(C)C)C(C)(C)CC)cc1. The minimum absolute atomic E-state index is 0.271. The van der Waals surface area contributed by atoms with E-state index in [1.807, 2.05) is 77.9 Å². The van der Waals surface area contributed by atoms with Crippen LogP contribution in [0.1, 0.15) is 91.5 Å². The van der Waals surface area contributed by atoms with Crippen molar-refractivity contribution in [3.63, 3.8) is 0 Å². The second-order valence-electron chi connectivity index (χ2n) is 12.2. The second kappa shape index (κ2) is 13.5. The van der Waals surface area contributed by atoms with Crippen LogP contribution in [0.25, 0.3) is 0 Å². The Bertz CT molecular complexity index is 1170. The van der Waals surface area contributed by atoms with Gasteiger partial charge in [0, 0.05) is 5.54 Å². The van der Waals surface area contributed by atoms with Gasteiger partial charge in [-0.3, -0.25) is 9.59 Å². The van der Waals surface area contributed by atoms with Gasteiger partial charge in [-0.1, -0.05) is 75.7 Å². The summed E-state index contributed by atoms with van der Waals surface area (Å²) in [6.07, 6.45) is 0.723. The van der Waals surface area contributed by atoms with Crippen LogP contribution < -0.4 is 10.6 Å². The highest BCUT2D eigenvalue weighted by Crippen LogP contribution is 2.35. The first-order valence-corrected chi connectivity index (χ1v) is 14.4. The number of carbonyl (C=O) groups is 3. The molecule has 0 radical (unpaired) electrons. The Hall–Kier alpha value is -3.06. The van der Waals surface area contributed by atoms with Crippen molar-refractivity contribution in [1.82, 2.24) is 10.2 Å². The van der Waals surface area contributed by atoms with Crippen molar-refractivity contribution < 1.29 is 19.1 Å². The van der Waals surface area contributed by atoms with Crippen molar-refractivity contribution in [3.8, 4) is 0 Å². The fourth-order valence-corrected chi connectivity index (χ4v) is 4.65. The minimum Gasteiger partial charge on any atom is -0.444 e. The zero-order valence-electron chi connectivity index (χ0n) is 25.6. The summed E-state index contributed by atoms with van der Waals surface area (Å²) in [6.45, 7) is 18.8. The van der Waals surface area contributed by atoms with Gasteiger partial charge >= 0.3 is 6.09 Å². The first kappa shape index (κ1) is 33.1. The van der Waals surface area contributed by atoms with Gasteiger partial charge in [-0.25, -0.2) is 4.79 Å². The van der Waals surface area contributed by atoms with E-state index in [4.69, 9.17) is 16.3 Å². The highest BCUT2D eigenvalue weighted by Gasteiger charge is 2.44. The summed E-state index contributed by atoms with van der Waals surface area (Å²) in [5, 5.41) is 6.19. The third-order valence-electron chi connectivity index (χ3n) is 7.04. The highest BCUT2D eigenvalue weighted by molar-refractivity contribution is 6.34. The number of amides is 3. The van der Waals surface area contributed by atoms with Gasteiger partial charge in [-0.2, -0.15) is 0 Å². The van der Waals surface area contributed by atoms with E-state index < -0.39 is 35.2 Å². The lowest BCUT2D eigenvalue weighted by Gasteiger charge is -2.45. The third-order valence-corrected chi connectivity index (χ3v) is 7.36. The van der Waals surface area contributed by atoms with Crippen LogP contribution in [0.5, 0.6) is 0 Å². The molecule has 0 aliphatic heterocycles. The zero-order chi connectivity index (χ0) is 30.4. The molecule has 0 fully saturated rings. The summed E-state index contributed by atoms with van der Waals surface area (Å²) < 4.78 is 5.47. The van der Waals surface area contributed by atoms with Crippen LogP contribution in [-0.2, 0) is 20.7 Å². The standard InChI is InChI=1S/C32H46ClN3O4/c1-11-22-16-18-23(19-17-22)27(28(37)34-26-21(5)14-13-15-24(26)33)36(32(9,10)12-2)29(38)25(20(3)4)35-30(39)40-31(6,7)8/h13-20,25,27H,11-12H2,1-10H3,(H,34,37)(H,35,39). The Balaban J connectivity index is 2.68. The normalized spacial score (nSPS) is 13.4.